The Morgan fingerprint density at radius 1 is 1.27 bits per heavy atom. The summed E-state index contributed by atoms with van der Waals surface area (Å²) < 4.78 is 5.14. The molecule has 2 unspecified atom stereocenters. The molecule has 2 aromatic rings. The van der Waals surface area contributed by atoms with Crippen LogP contribution in [0, 0.1) is 11.3 Å². The van der Waals surface area contributed by atoms with E-state index in [9.17, 15) is 14.9 Å². The van der Waals surface area contributed by atoms with Gasteiger partial charge in [0.1, 0.15) is 12.1 Å². The summed E-state index contributed by atoms with van der Waals surface area (Å²) in [5.41, 5.74) is 1.14. The van der Waals surface area contributed by atoms with Gasteiger partial charge in [0.2, 0.25) is 5.91 Å². The van der Waals surface area contributed by atoms with Gasteiger partial charge in [-0.2, -0.15) is 17.0 Å². The van der Waals surface area contributed by atoms with E-state index in [2.05, 4.69) is 16.3 Å². The number of nitriles is 1. The zero-order valence-electron chi connectivity index (χ0n) is 17.0. The first-order chi connectivity index (χ1) is 14.6. The first-order valence-electron chi connectivity index (χ1n) is 9.92. The molecule has 0 radical (unpaired) electrons. The molecule has 1 aromatic carbocycles. The van der Waals surface area contributed by atoms with Crippen molar-refractivity contribution in [2.45, 2.75) is 25.0 Å². The molecule has 8 heteroatoms. The molecule has 0 aliphatic carbocycles. The SMILES string of the molecule is CSCCC(NC(=O)c1ccco1)C(=O)N1CCN(Cc2ccccc2)C(C#N)C1. The van der Waals surface area contributed by atoms with Crippen molar-refractivity contribution in [3.8, 4) is 6.07 Å². The van der Waals surface area contributed by atoms with Crippen molar-refractivity contribution >= 4 is 23.6 Å². The fraction of sp³-hybridized carbons (Fsp3) is 0.409. The Morgan fingerprint density at radius 3 is 2.73 bits per heavy atom. The maximum atomic E-state index is 13.2. The minimum atomic E-state index is -0.643. The number of nitrogens with one attached hydrogen (secondary N) is 1. The highest BCUT2D eigenvalue weighted by Gasteiger charge is 2.33. The van der Waals surface area contributed by atoms with Crippen LogP contribution in [0.2, 0.25) is 0 Å². The van der Waals surface area contributed by atoms with E-state index < -0.39 is 11.9 Å². The average molecular weight is 427 g/mol. The van der Waals surface area contributed by atoms with Crippen LogP contribution >= 0.6 is 11.8 Å². The smallest absolute Gasteiger partial charge is 0.287 e. The number of thioether (sulfide) groups is 1. The molecule has 3 rings (SSSR count). The van der Waals surface area contributed by atoms with Crippen LogP contribution in [0.3, 0.4) is 0 Å². The summed E-state index contributed by atoms with van der Waals surface area (Å²) in [6.45, 7) is 2.14. The number of hydrogen-bond acceptors (Lipinski definition) is 6. The van der Waals surface area contributed by atoms with Crippen LogP contribution in [0.25, 0.3) is 0 Å². The van der Waals surface area contributed by atoms with E-state index in [1.54, 1.807) is 28.8 Å². The fourth-order valence-corrected chi connectivity index (χ4v) is 3.97. The molecule has 2 atom stereocenters. The Labute approximate surface area is 181 Å². The number of carbonyl (C=O) groups excluding carboxylic acids is 2. The molecule has 1 N–H and O–H groups in total. The summed E-state index contributed by atoms with van der Waals surface area (Å²) in [6, 6.07) is 14.5. The van der Waals surface area contributed by atoms with Gasteiger partial charge in [-0.25, -0.2) is 0 Å². The van der Waals surface area contributed by atoms with Gasteiger partial charge in [-0.1, -0.05) is 30.3 Å². The standard InChI is InChI=1S/C22H26N4O3S/c1-30-13-9-19(24-21(27)20-8-5-12-29-20)22(28)26-11-10-25(18(14-23)16-26)15-17-6-3-2-4-7-17/h2-8,12,18-19H,9-11,13,15-16H2,1H3,(H,24,27). The molecular formula is C22H26N4O3S. The summed E-state index contributed by atoms with van der Waals surface area (Å²) in [7, 11) is 0. The maximum absolute atomic E-state index is 13.2. The van der Waals surface area contributed by atoms with Gasteiger partial charge < -0.3 is 14.6 Å². The molecule has 1 fully saturated rings. The molecule has 1 saturated heterocycles. The maximum Gasteiger partial charge on any atom is 0.287 e. The Kier molecular flexibility index (Phi) is 7.94. The highest BCUT2D eigenvalue weighted by molar-refractivity contribution is 7.98. The lowest BCUT2D eigenvalue weighted by Crippen LogP contribution is -2.58. The third kappa shape index (κ3) is 5.65. The Balaban J connectivity index is 1.64. The number of nitrogens with zero attached hydrogens (tertiary/aromatic N) is 3. The fourth-order valence-electron chi connectivity index (χ4n) is 3.50. The molecule has 7 nitrogen and oxygen atoms in total. The molecule has 0 spiro atoms. The van der Waals surface area contributed by atoms with Gasteiger partial charge in [-0.15, -0.1) is 0 Å². The van der Waals surface area contributed by atoms with E-state index in [4.69, 9.17) is 4.42 Å². The number of hydrogen-bond donors (Lipinski definition) is 1. The molecule has 1 aliphatic heterocycles. The van der Waals surface area contributed by atoms with Crippen LogP contribution in [0.5, 0.6) is 0 Å². The van der Waals surface area contributed by atoms with Crippen molar-refractivity contribution in [2.75, 3.05) is 31.6 Å². The molecular weight excluding hydrogens is 400 g/mol. The van der Waals surface area contributed by atoms with Gasteiger partial charge in [0.15, 0.2) is 5.76 Å². The minimum Gasteiger partial charge on any atom is -0.459 e. The zero-order valence-corrected chi connectivity index (χ0v) is 17.8. The van der Waals surface area contributed by atoms with Crippen LogP contribution in [-0.4, -0.2) is 65.3 Å². The monoisotopic (exact) mass is 426 g/mol. The van der Waals surface area contributed by atoms with E-state index >= 15 is 0 Å². The summed E-state index contributed by atoms with van der Waals surface area (Å²) in [6.07, 6.45) is 3.91. The molecule has 0 bridgehead atoms. The van der Waals surface area contributed by atoms with E-state index in [-0.39, 0.29) is 17.7 Å². The Hall–Kier alpha value is -2.76. The number of rotatable bonds is 8. The van der Waals surface area contributed by atoms with Crippen LogP contribution in [0.15, 0.2) is 53.1 Å². The van der Waals surface area contributed by atoms with Gasteiger partial charge in [0.25, 0.3) is 5.91 Å². The minimum absolute atomic E-state index is 0.149. The van der Waals surface area contributed by atoms with Gasteiger partial charge in [0.05, 0.1) is 12.3 Å². The van der Waals surface area contributed by atoms with Crippen molar-refractivity contribution in [1.29, 1.82) is 5.26 Å². The lowest BCUT2D eigenvalue weighted by atomic mass is 10.1. The Bertz CT molecular complexity index is 866. The van der Waals surface area contributed by atoms with Crippen LogP contribution < -0.4 is 5.32 Å². The summed E-state index contributed by atoms with van der Waals surface area (Å²) >= 11 is 1.62. The van der Waals surface area contributed by atoms with Crippen molar-refractivity contribution < 1.29 is 14.0 Å². The zero-order chi connectivity index (χ0) is 21.3. The summed E-state index contributed by atoms with van der Waals surface area (Å²) in [4.78, 5) is 29.4. The van der Waals surface area contributed by atoms with Crippen molar-refractivity contribution in [1.82, 2.24) is 15.1 Å². The molecule has 158 valence electrons. The van der Waals surface area contributed by atoms with E-state index in [0.29, 0.717) is 32.6 Å². The second kappa shape index (κ2) is 10.9. The predicted molar refractivity (Wildman–Crippen MR) is 116 cm³/mol. The highest BCUT2D eigenvalue weighted by atomic mass is 32.2. The molecule has 2 heterocycles. The van der Waals surface area contributed by atoms with Gasteiger partial charge in [-0.05, 0) is 36.1 Å². The first kappa shape index (κ1) is 21.9. The molecule has 1 aromatic heterocycles. The number of furan rings is 1. The van der Waals surface area contributed by atoms with E-state index in [1.165, 1.54) is 6.26 Å². The molecule has 0 saturated carbocycles. The number of benzene rings is 1. The largest absolute Gasteiger partial charge is 0.459 e. The normalized spacial score (nSPS) is 17.9. The number of piperazine rings is 1. The van der Waals surface area contributed by atoms with Gasteiger partial charge >= 0.3 is 0 Å². The van der Waals surface area contributed by atoms with Crippen molar-refractivity contribution in [3.05, 3.63) is 60.1 Å². The lowest BCUT2D eigenvalue weighted by molar-refractivity contribution is -0.135. The topological polar surface area (TPSA) is 89.6 Å². The van der Waals surface area contributed by atoms with Gasteiger partial charge in [0, 0.05) is 26.2 Å². The second-order valence-corrected chi connectivity index (χ2v) is 8.16. The third-order valence-electron chi connectivity index (χ3n) is 5.14. The van der Waals surface area contributed by atoms with Crippen LogP contribution in [0.1, 0.15) is 22.5 Å². The Morgan fingerprint density at radius 2 is 2.07 bits per heavy atom. The lowest BCUT2D eigenvalue weighted by Gasteiger charge is -2.39. The van der Waals surface area contributed by atoms with Crippen LogP contribution in [-0.2, 0) is 11.3 Å². The van der Waals surface area contributed by atoms with Crippen LogP contribution in [0.4, 0.5) is 0 Å². The van der Waals surface area contributed by atoms with E-state index in [1.807, 2.05) is 36.6 Å². The summed E-state index contributed by atoms with van der Waals surface area (Å²) in [5.74, 6) is 0.368. The van der Waals surface area contributed by atoms with E-state index in [0.717, 1.165) is 11.3 Å². The van der Waals surface area contributed by atoms with Gasteiger partial charge in [-0.3, -0.25) is 14.5 Å². The van der Waals surface area contributed by atoms with Crippen molar-refractivity contribution in [3.63, 3.8) is 0 Å². The number of amides is 2. The van der Waals surface area contributed by atoms with Crippen molar-refractivity contribution in [2.24, 2.45) is 0 Å². The predicted octanol–water partition coefficient (Wildman–Crippen LogP) is 2.37. The second-order valence-electron chi connectivity index (χ2n) is 7.17. The molecule has 2 amide bonds. The molecule has 30 heavy (non-hydrogen) atoms. The average Bonchev–Trinajstić information content (AvgIpc) is 3.32. The quantitative estimate of drug-likeness (QED) is 0.697. The summed E-state index contributed by atoms with van der Waals surface area (Å²) in [5, 5.41) is 12.5. The molecule has 1 aliphatic rings. The number of carbonyl (C=O) groups is 2. The first-order valence-corrected chi connectivity index (χ1v) is 11.3. The highest BCUT2D eigenvalue weighted by Crippen LogP contribution is 2.16. The third-order valence-corrected chi connectivity index (χ3v) is 5.78.